The van der Waals surface area contributed by atoms with Crippen molar-refractivity contribution in [2.45, 2.75) is 6.92 Å². The molecule has 2 heterocycles. The van der Waals surface area contributed by atoms with E-state index in [-0.39, 0.29) is 5.56 Å². The first-order valence-electron chi connectivity index (χ1n) is 6.05. The molecule has 0 bridgehead atoms. The number of carboxylic acids is 1. The van der Waals surface area contributed by atoms with E-state index in [9.17, 15) is 9.90 Å². The summed E-state index contributed by atoms with van der Waals surface area (Å²) in [5.41, 5.74) is 3.12. The van der Waals surface area contributed by atoms with E-state index in [4.69, 9.17) is 0 Å². The number of aryl methyl sites for hydroxylation is 1. The van der Waals surface area contributed by atoms with Crippen molar-refractivity contribution >= 4 is 34.1 Å². The van der Waals surface area contributed by atoms with Gasteiger partial charge in [-0.1, -0.05) is 30.3 Å². The van der Waals surface area contributed by atoms with Crippen LogP contribution in [0.1, 0.15) is 15.9 Å². The van der Waals surface area contributed by atoms with Gasteiger partial charge in [0.25, 0.3) is 0 Å². The third kappa shape index (κ3) is 2.07. The van der Waals surface area contributed by atoms with Crippen LogP contribution in [0.5, 0.6) is 0 Å². The third-order valence-electron chi connectivity index (χ3n) is 3.15. The van der Waals surface area contributed by atoms with Gasteiger partial charge in [0.1, 0.15) is 11.3 Å². The van der Waals surface area contributed by atoms with Crippen LogP contribution in [-0.4, -0.2) is 20.7 Å². The van der Waals surface area contributed by atoms with Crippen LogP contribution < -0.4 is 0 Å². The first kappa shape index (κ1) is 13.1. The molecular formula is C15H11IN2O2. The van der Waals surface area contributed by atoms with E-state index < -0.39 is 5.97 Å². The van der Waals surface area contributed by atoms with Crippen molar-refractivity contribution in [3.8, 4) is 11.3 Å². The largest absolute Gasteiger partial charge is 0.478 e. The fraction of sp³-hybridized carbons (Fsp3) is 0.0667. The zero-order valence-corrected chi connectivity index (χ0v) is 12.8. The summed E-state index contributed by atoms with van der Waals surface area (Å²) in [5.74, 6) is -0.955. The Morgan fingerprint density at radius 1 is 1.30 bits per heavy atom. The van der Waals surface area contributed by atoms with Gasteiger partial charge >= 0.3 is 5.97 Å². The number of benzene rings is 1. The number of halogens is 1. The van der Waals surface area contributed by atoms with E-state index in [1.807, 2.05) is 49.5 Å². The van der Waals surface area contributed by atoms with E-state index in [2.05, 4.69) is 27.7 Å². The highest BCUT2D eigenvalue weighted by atomic mass is 127. The summed E-state index contributed by atoms with van der Waals surface area (Å²) in [4.78, 5) is 11.7. The lowest BCUT2D eigenvalue weighted by Gasteiger charge is -2.01. The summed E-state index contributed by atoms with van der Waals surface area (Å²) >= 11 is 2.20. The number of hydrogen-bond donors (Lipinski definition) is 1. The molecule has 0 unspecified atom stereocenters. The normalized spacial score (nSPS) is 10.9. The smallest absolute Gasteiger partial charge is 0.340 e. The number of aromatic nitrogens is 2. The molecule has 3 aromatic rings. The second-order valence-electron chi connectivity index (χ2n) is 4.53. The number of carbonyl (C=O) groups is 1. The average molecular weight is 378 g/mol. The van der Waals surface area contributed by atoms with Gasteiger partial charge in [-0.2, -0.15) is 5.10 Å². The molecule has 0 fully saturated rings. The quantitative estimate of drug-likeness (QED) is 0.694. The van der Waals surface area contributed by atoms with Crippen molar-refractivity contribution in [3.05, 3.63) is 57.3 Å². The molecule has 3 rings (SSSR count). The molecule has 0 aliphatic heterocycles. The first-order chi connectivity index (χ1) is 9.58. The summed E-state index contributed by atoms with van der Waals surface area (Å²) in [6, 6.07) is 11.3. The number of fused-ring (bicyclic) bond motifs is 1. The Morgan fingerprint density at radius 3 is 2.65 bits per heavy atom. The second kappa shape index (κ2) is 4.90. The summed E-state index contributed by atoms with van der Waals surface area (Å²) < 4.78 is 2.68. The lowest BCUT2D eigenvalue weighted by Crippen LogP contribution is -1.99. The predicted octanol–water partition coefficient (Wildman–Crippen LogP) is 3.61. The molecule has 0 aliphatic rings. The monoisotopic (exact) mass is 378 g/mol. The Morgan fingerprint density at radius 2 is 2.00 bits per heavy atom. The minimum absolute atomic E-state index is 0.255. The zero-order chi connectivity index (χ0) is 14.3. The topological polar surface area (TPSA) is 54.6 Å². The minimum atomic E-state index is -0.955. The molecule has 0 amide bonds. The number of rotatable bonds is 2. The highest BCUT2D eigenvalue weighted by molar-refractivity contribution is 14.1. The molecular weight excluding hydrogens is 367 g/mol. The summed E-state index contributed by atoms with van der Waals surface area (Å²) in [6.07, 6.45) is 1.84. The maximum Gasteiger partial charge on any atom is 0.340 e. The van der Waals surface area contributed by atoms with Gasteiger partial charge in [-0.25, -0.2) is 9.31 Å². The molecule has 2 aromatic heterocycles. The summed E-state index contributed by atoms with van der Waals surface area (Å²) in [7, 11) is 0. The van der Waals surface area contributed by atoms with Gasteiger partial charge in [0, 0.05) is 15.3 Å². The Kier molecular flexibility index (Phi) is 3.21. The van der Waals surface area contributed by atoms with Gasteiger partial charge in [0.05, 0.1) is 5.52 Å². The molecule has 0 aliphatic carbocycles. The van der Waals surface area contributed by atoms with Crippen LogP contribution >= 0.6 is 22.6 Å². The lowest BCUT2D eigenvalue weighted by atomic mass is 10.1. The Bertz CT molecular complexity index is 810. The van der Waals surface area contributed by atoms with Crippen LogP contribution in [-0.2, 0) is 0 Å². The van der Waals surface area contributed by atoms with Crippen molar-refractivity contribution < 1.29 is 9.90 Å². The molecule has 0 saturated heterocycles. The molecule has 0 atom stereocenters. The maximum atomic E-state index is 11.7. The van der Waals surface area contributed by atoms with Gasteiger partial charge in [-0.05, 0) is 41.1 Å². The molecule has 0 spiro atoms. The molecule has 1 aromatic carbocycles. The van der Waals surface area contributed by atoms with Crippen LogP contribution in [0.2, 0.25) is 0 Å². The van der Waals surface area contributed by atoms with Crippen LogP contribution in [0.4, 0.5) is 0 Å². The van der Waals surface area contributed by atoms with Crippen molar-refractivity contribution in [1.82, 2.24) is 9.61 Å². The molecule has 0 radical (unpaired) electrons. The van der Waals surface area contributed by atoms with Crippen molar-refractivity contribution in [2.24, 2.45) is 0 Å². The standard InChI is InChI=1S/C15H11IN2O2/c1-9-7-11(16)8-18-14(9)12(15(19)20)13(17-18)10-5-3-2-4-6-10/h2-8H,1H3,(H,19,20). The maximum absolute atomic E-state index is 11.7. The van der Waals surface area contributed by atoms with Gasteiger partial charge < -0.3 is 5.11 Å². The van der Waals surface area contributed by atoms with E-state index in [1.165, 1.54) is 0 Å². The second-order valence-corrected chi connectivity index (χ2v) is 5.77. The predicted molar refractivity (Wildman–Crippen MR) is 85.0 cm³/mol. The Hall–Kier alpha value is -1.89. The number of aromatic carboxylic acids is 1. The van der Waals surface area contributed by atoms with Gasteiger partial charge in [-0.15, -0.1) is 0 Å². The number of pyridine rings is 1. The fourth-order valence-corrected chi connectivity index (χ4v) is 3.07. The van der Waals surface area contributed by atoms with Crippen molar-refractivity contribution in [2.75, 3.05) is 0 Å². The van der Waals surface area contributed by atoms with Gasteiger partial charge in [0.2, 0.25) is 0 Å². The van der Waals surface area contributed by atoms with Crippen molar-refractivity contribution in [1.29, 1.82) is 0 Å². The van der Waals surface area contributed by atoms with Crippen LogP contribution in [0.25, 0.3) is 16.8 Å². The van der Waals surface area contributed by atoms with Crippen LogP contribution in [0.3, 0.4) is 0 Å². The molecule has 0 saturated carbocycles. The molecule has 5 heteroatoms. The number of nitrogens with zero attached hydrogens (tertiary/aromatic N) is 2. The zero-order valence-electron chi connectivity index (χ0n) is 10.7. The van der Waals surface area contributed by atoms with Crippen LogP contribution in [0, 0.1) is 10.5 Å². The number of carboxylic acid groups (broad SMARTS) is 1. The van der Waals surface area contributed by atoms with E-state index in [1.54, 1.807) is 4.52 Å². The minimum Gasteiger partial charge on any atom is -0.478 e. The SMILES string of the molecule is Cc1cc(I)cn2nc(-c3ccccc3)c(C(=O)O)c12. The Labute approximate surface area is 129 Å². The molecule has 100 valence electrons. The van der Waals surface area contributed by atoms with Crippen molar-refractivity contribution in [3.63, 3.8) is 0 Å². The van der Waals surface area contributed by atoms with Gasteiger partial charge in [-0.3, -0.25) is 0 Å². The summed E-state index contributed by atoms with van der Waals surface area (Å²) in [5, 5.41) is 14.0. The van der Waals surface area contributed by atoms with E-state index in [0.717, 1.165) is 14.7 Å². The molecule has 20 heavy (non-hydrogen) atoms. The average Bonchev–Trinajstić information content (AvgIpc) is 2.79. The molecule has 1 N–H and O–H groups in total. The summed E-state index contributed by atoms with van der Waals surface area (Å²) in [6.45, 7) is 1.90. The fourth-order valence-electron chi connectivity index (χ4n) is 2.34. The lowest BCUT2D eigenvalue weighted by molar-refractivity contribution is 0.0699. The highest BCUT2D eigenvalue weighted by Crippen LogP contribution is 2.28. The highest BCUT2D eigenvalue weighted by Gasteiger charge is 2.21. The third-order valence-corrected chi connectivity index (χ3v) is 3.74. The van der Waals surface area contributed by atoms with E-state index in [0.29, 0.717) is 11.2 Å². The Balaban J connectivity index is 2.41. The van der Waals surface area contributed by atoms with Gasteiger partial charge in [0.15, 0.2) is 0 Å². The first-order valence-corrected chi connectivity index (χ1v) is 7.13. The number of hydrogen-bond acceptors (Lipinski definition) is 2. The van der Waals surface area contributed by atoms with E-state index >= 15 is 0 Å². The van der Waals surface area contributed by atoms with Crippen LogP contribution in [0.15, 0.2) is 42.6 Å². The molecule has 4 nitrogen and oxygen atoms in total.